The van der Waals surface area contributed by atoms with Crippen molar-refractivity contribution in [3.8, 4) is 0 Å². The molecule has 2 aromatic carbocycles. The van der Waals surface area contributed by atoms with Gasteiger partial charge in [0.25, 0.3) is 0 Å². The number of fused-ring (bicyclic) bond motifs is 3. The number of rotatable bonds is 0. The summed E-state index contributed by atoms with van der Waals surface area (Å²) in [4.78, 5) is 0. The van der Waals surface area contributed by atoms with Crippen LogP contribution in [0.25, 0.3) is 21.9 Å². The van der Waals surface area contributed by atoms with Gasteiger partial charge in [0.15, 0.2) is 0 Å². The fourth-order valence-electron chi connectivity index (χ4n) is 2.12. The lowest BCUT2D eigenvalue weighted by Gasteiger charge is -1.96. The van der Waals surface area contributed by atoms with Gasteiger partial charge < -0.3 is 4.42 Å². The second-order valence-electron chi connectivity index (χ2n) is 4.20. The first kappa shape index (κ1) is 10.9. The molecule has 1 heterocycles. The first-order valence-corrected chi connectivity index (χ1v) is 6.11. The average molecular weight is 265 g/mol. The second kappa shape index (κ2) is 3.66. The van der Waals surface area contributed by atoms with E-state index in [1.54, 1.807) is 0 Å². The zero-order chi connectivity index (χ0) is 12.2. The van der Waals surface area contributed by atoms with Crippen LogP contribution in [-0.4, -0.2) is 0 Å². The van der Waals surface area contributed by atoms with Crippen molar-refractivity contribution in [3.05, 3.63) is 45.4 Å². The summed E-state index contributed by atoms with van der Waals surface area (Å²) < 4.78 is 5.91. The van der Waals surface area contributed by atoms with E-state index in [4.69, 9.17) is 27.6 Å². The number of hydrogen-bond acceptors (Lipinski definition) is 1. The Bertz CT molecular complexity index is 679. The van der Waals surface area contributed by atoms with E-state index in [2.05, 4.69) is 0 Å². The van der Waals surface area contributed by atoms with Gasteiger partial charge in [0.2, 0.25) is 0 Å². The summed E-state index contributed by atoms with van der Waals surface area (Å²) in [7, 11) is 0. The van der Waals surface area contributed by atoms with Gasteiger partial charge in [0.1, 0.15) is 11.2 Å². The van der Waals surface area contributed by atoms with Gasteiger partial charge in [-0.2, -0.15) is 0 Å². The van der Waals surface area contributed by atoms with Crippen molar-refractivity contribution in [2.45, 2.75) is 13.8 Å². The maximum Gasteiger partial charge on any atom is 0.139 e. The maximum absolute atomic E-state index is 6.10. The van der Waals surface area contributed by atoms with E-state index in [1.165, 1.54) is 0 Å². The Hall–Kier alpha value is -1.18. The highest BCUT2D eigenvalue weighted by Crippen LogP contribution is 2.36. The lowest BCUT2D eigenvalue weighted by atomic mass is 10.1. The van der Waals surface area contributed by atoms with Gasteiger partial charge in [0, 0.05) is 31.9 Å². The largest absolute Gasteiger partial charge is 0.455 e. The molecule has 0 fully saturated rings. The van der Waals surface area contributed by atoms with Crippen LogP contribution in [-0.2, 0) is 0 Å². The van der Waals surface area contributed by atoms with Crippen LogP contribution in [0, 0.1) is 13.8 Å². The first-order valence-electron chi connectivity index (χ1n) is 5.36. The van der Waals surface area contributed by atoms with E-state index < -0.39 is 0 Å². The van der Waals surface area contributed by atoms with Crippen LogP contribution in [0.1, 0.15) is 11.1 Å². The monoisotopic (exact) mass is 264 g/mol. The van der Waals surface area contributed by atoms with Crippen molar-refractivity contribution in [1.82, 2.24) is 0 Å². The van der Waals surface area contributed by atoms with Gasteiger partial charge in [-0.3, -0.25) is 0 Å². The second-order valence-corrected chi connectivity index (χ2v) is 5.01. The zero-order valence-corrected chi connectivity index (χ0v) is 11.0. The third kappa shape index (κ3) is 1.46. The Morgan fingerprint density at radius 3 is 1.59 bits per heavy atom. The first-order chi connectivity index (χ1) is 8.09. The van der Waals surface area contributed by atoms with E-state index in [0.717, 1.165) is 43.1 Å². The number of halogens is 2. The number of benzene rings is 2. The van der Waals surface area contributed by atoms with E-state index in [0.29, 0.717) is 0 Å². The maximum atomic E-state index is 6.10. The van der Waals surface area contributed by atoms with Crippen LogP contribution >= 0.6 is 23.2 Å². The molecule has 0 saturated heterocycles. The summed E-state index contributed by atoms with van der Waals surface area (Å²) in [5, 5.41) is 3.61. The minimum Gasteiger partial charge on any atom is -0.455 e. The summed E-state index contributed by atoms with van der Waals surface area (Å²) in [6.07, 6.45) is 0. The van der Waals surface area contributed by atoms with Crippen LogP contribution in [0.15, 0.2) is 28.7 Å². The van der Waals surface area contributed by atoms with Gasteiger partial charge in [-0.25, -0.2) is 0 Å². The smallest absolute Gasteiger partial charge is 0.139 e. The fraction of sp³-hybridized carbons (Fsp3) is 0.143. The van der Waals surface area contributed by atoms with Crippen molar-refractivity contribution in [3.63, 3.8) is 0 Å². The topological polar surface area (TPSA) is 13.1 Å². The van der Waals surface area contributed by atoms with Crippen LogP contribution in [0.2, 0.25) is 10.0 Å². The third-order valence-corrected chi connectivity index (χ3v) is 3.99. The molecule has 0 unspecified atom stereocenters. The van der Waals surface area contributed by atoms with Gasteiger partial charge in [-0.05, 0) is 38.1 Å². The molecule has 86 valence electrons. The minimum atomic E-state index is 0.723. The lowest BCUT2D eigenvalue weighted by molar-refractivity contribution is 0.663. The molecule has 0 radical (unpaired) electrons. The predicted molar refractivity (Wildman–Crippen MR) is 73.2 cm³/mol. The van der Waals surface area contributed by atoms with Crippen LogP contribution < -0.4 is 0 Å². The molecule has 1 nitrogen and oxygen atoms in total. The highest BCUT2D eigenvalue weighted by Gasteiger charge is 2.13. The number of hydrogen-bond donors (Lipinski definition) is 0. The van der Waals surface area contributed by atoms with Crippen molar-refractivity contribution in [2.24, 2.45) is 0 Å². The van der Waals surface area contributed by atoms with E-state index in [1.807, 2.05) is 38.1 Å². The van der Waals surface area contributed by atoms with Gasteiger partial charge in [-0.1, -0.05) is 23.2 Å². The molecule has 0 aliphatic rings. The summed E-state index contributed by atoms with van der Waals surface area (Å²) >= 11 is 12.2. The predicted octanol–water partition coefficient (Wildman–Crippen LogP) is 5.51. The highest BCUT2D eigenvalue weighted by atomic mass is 35.5. The Labute approximate surface area is 109 Å². The summed E-state index contributed by atoms with van der Waals surface area (Å²) in [6, 6.07) is 7.78. The molecule has 0 saturated carbocycles. The number of furan rings is 1. The Morgan fingerprint density at radius 1 is 0.765 bits per heavy atom. The molecule has 0 aliphatic carbocycles. The SMILES string of the molecule is Cc1c(Cl)ccc2c1oc1c(C)c(Cl)ccc12. The molecule has 3 heteroatoms. The molecule has 17 heavy (non-hydrogen) atoms. The van der Waals surface area contributed by atoms with Crippen molar-refractivity contribution in [2.75, 3.05) is 0 Å². The summed E-state index contributed by atoms with van der Waals surface area (Å²) in [5.41, 5.74) is 3.63. The fourth-order valence-corrected chi connectivity index (χ4v) is 2.42. The third-order valence-electron chi connectivity index (χ3n) is 3.17. The molecular formula is C14H10Cl2O. The van der Waals surface area contributed by atoms with E-state index in [-0.39, 0.29) is 0 Å². The quantitative estimate of drug-likeness (QED) is 0.522. The molecule has 1 aromatic heterocycles. The molecule has 0 amide bonds. The molecule has 0 aliphatic heterocycles. The number of aryl methyl sites for hydroxylation is 2. The standard InChI is InChI=1S/C14H10Cl2O/c1-7-11(15)5-3-9-10-4-6-12(16)8(2)14(10)17-13(7)9/h3-6H,1-2H3. The van der Waals surface area contributed by atoms with Crippen molar-refractivity contribution >= 4 is 45.1 Å². The van der Waals surface area contributed by atoms with E-state index >= 15 is 0 Å². The Morgan fingerprint density at radius 2 is 1.18 bits per heavy atom. The van der Waals surface area contributed by atoms with Crippen LogP contribution in [0.5, 0.6) is 0 Å². The molecule has 0 bridgehead atoms. The molecule has 0 spiro atoms. The average Bonchev–Trinajstić information content (AvgIpc) is 2.69. The van der Waals surface area contributed by atoms with Crippen LogP contribution in [0.3, 0.4) is 0 Å². The Kier molecular flexibility index (Phi) is 2.35. The molecule has 3 aromatic rings. The molecule has 0 N–H and O–H groups in total. The van der Waals surface area contributed by atoms with Crippen LogP contribution in [0.4, 0.5) is 0 Å². The van der Waals surface area contributed by atoms with Gasteiger partial charge >= 0.3 is 0 Å². The zero-order valence-electron chi connectivity index (χ0n) is 9.47. The van der Waals surface area contributed by atoms with Gasteiger partial charge in [0.05, 0.1) is 0 Å². The summed E-state index contributed by atoms with van der Waals surface area (Å²) in [6.45, 7) is 3.92. The Balaban J connectivity index is 2.58. The normalized spacial score (nSPS) is 11.5. The lowest BCUT2D eigenvalue weighted by Crippen LogP contribution is -1.75. The minimum absolute atomic E-state index is 0.723. The van der Waals surface area contributed by atoms with E-state index in [9.17, 15) is 0 Å². The van der Waals surface area contributed by atoms with Crippen molar-refractivity contribution < 1.29 is 4.42 Å². The molecule has 3 rings (SSSR count). The van der Waals surface area contributed by atoms with Gasteiger partial charge in [-0.15, -0.1) is 0 Å². The molecule has 0 atom stereocenters. The molecular weight excluding hydrogens is 255 g/mol. The highest BCUT2D eigenvalue weighted by molar-refractivity contribution is 6.33. The summed E-state index contributed by atoms with van der Waals surface area (Å²) in [5.74, 6) is 0. The van der Waals surface area contributed by atoms with Crippen molar-refractivity contribution in [1.29, 1.82) is 0 Å².